The Morgan fingerprint density at radius 2 is 1.83 bits per heavy atom. The van der Waals surface area contributed by atoms with Crippen LogP contribution < -0.4 is 10.2 Å². The standard InChI is InChI=1S/C23H25N3OS2/c27-22(24-17-5-7-18(8-6-17)25-11-1-2-12-25)16-26-13-9-20-19(10-15-29-20)23(26)21-4-3-14-28-21/h3-8,10,14-15,23H,1-2,9,11-13,16H2,(H,24,27). The molecule has 4 nitrogen and oxygen atoms in total. The number of hydrogen-bond donors (Lipinski definition) is 1. The fourth-order valence-electron chi connectivity index (χ4n) is 4.43. The molecule has 29 heavy (non-hydrogen) atoms. The summed E-state index contributed by atoms with van der Waals surface area (Å²) < 4.78 is 0. The quantitative estimate of drug-likeness (QED) is 0.628. The number of carbonyl (C=O) groups is 1. The molecule has 0 saturated carbocycles. The number of fused-ring (bicyclic) bond motifs is 1. The summed E-state index contributed by atoms with van der Waals surface area (Å²) in [5.41, 5.74) is 3.49. The van der Waals surface area contributed by atoms with Gasteiger partial charge in [0.2, 0.25) is 5.91 Å². The van der Waals surface area contributed by atoms with E-state index < -0.39 is 0 Å². The second-order valence-electron chi connectivity index (χ2n) is 7.73. The minimum absolute atomic E-state index is 0.0548. The second-order valence-corrected chi connectivity index (χ2v) is 9.71. The van der Waals surface area contributed by atoms with E-state index in [0.29, 0.717) is 6.54 Å². The summed E-state index contributed by atoms with van der Waals surface area (Å²) >= 11 is 3.61. The highest BCUT2D eigenvalue weighted by molar-refractivity contribution is 7.10. The molecule has 5 rings (SSSR count). The summed E-state index contributed by atoms with van der Waals surface area (Å²) in [6.07, 6.45) is 3.56. The zero-order valence-corrected chi connectivity index (χ0v) is 18.0. The van der Waals surface area contributed by atoms with Crippen molar-refractivity contribution in [2.24, 2.45) is 0 Å². The van der Waals surface area contributed by atoms with Crippen LogP contribution in [0, 0.1) is 0 Å². The number of anilines is 2. The van der Waals surface area contributed by atoms with Gasteiger partial charge in [-0.25, -0.2) is 0 Å². The summed E-state index contributed by atoms with van der Waals surface area (Å²) in [7, 11) is 0. The fourth-order valence-corrected chi connectivity index (χ4v) is 6.21. The minimum Gasteiger partial charge on any atom is -0.372 e. The Morgan fingerprint density at radius 1 is 1.00 bits per heavy atom. The molecule has 6 heteroatoms. The Bertz CT molecular complexity index is 958. The average molecular weight is 424 g/mol. The van der Waals surface area contributed by atoms with Crippen molar-refractivity contribution in [1.29, 1.82) is 0 Å². The largest absolute Gasteiger partial charge is 0.372 e. The summed E-state index contributed by atoms with van der Waals surface area (Å²) in [4.78, 5) is 20.3. The van der Waals surface area contributed by atoms with Gasteiger partial charge in [-0.3, -0.25) is 9.69 Å². The van der Waals surface area contributed by atoms with Gasteiger partial charge < -0.3 is 10.2 Å². The Hall–Kier alpha value is -2.15. The van der Waals surface area contributed by atoms with Gasteiger partial charge in [0, 0.05) is 40.8 Å². The van der Waals surface area contributed by atoms with Crippen molar-refractivity contribution in [3.05, 3.63) is 68.5 Å². The van der Waals surface area contributed by atoms with Crippen molar-refractivity contribution in [2.75, 3.05) is 36.4 Å². The zero-order valence-electron chi connectivity index (χ0n) is 16.3. The zero-order chi connectivity index (χ0) is 19.6. The highest BCUT2D eigenvalue weighted by atomic mass is 32.1. The van der Waals surface area contributed by atoms with Crippen molar-refractivity contribution < 1.29 is 4.79 Å². The summed E-state index contributed by atoms with van der Waals surface area (Å²) in [5.74, 6) is 0.0548. The lowest BCUT2D eigenvalue weighted by Gasteiger charge is -2.34. The van der Waals surface area contributed by atoms with E-state index >= 15 is 0 Å². The number of nitrogens with one attached hydrogen (secondary N) is 1. The van der Waals surface area contributed by atoms with Crippen LogP contribution >= 0.6 is 22.7 Å². The molecule has 1 amide bonds. The molecule has 3 aromatic rings. The Labute approximate surface area is 179 Å². The van der Waals surface area contributed by atoms with Crippen LogP contribution in [-0.4, -0.2) is 37.0 Å². The molecule has 0 radical (unpaired) electrons. The molecule has 1 saturated heterocycles. The van der Waals surface area contributed by atoms with Gasteiger partial charge in [-0.1, -0.05) is 6.07 Å². The molecule has 2 aliphatic rings. The first-order valence-electron chi connectivity index (χ1n) is 10.3. The van der Waals surface area contributed by atoms with E-state index in [-0.39, 0.29) is 11.9 Å². The van der Waals surface area contributed by atoms with Crippen molar-refractivity contribution in [3.8, 4) is 0 Å². The molecular weight excluding hydrogens is 398 g/mol. The number of nitrogens with zero attached hydrogens (tertiary/aromatic N) is 2. The van der Waals surface area contributed by atoms with Crippen molar-refractivity contribution in [1.82, 2.24) is 4.90 Å². The Kier molecular flexibility index (Phi) is 5.40. The van der Waals surface area contributed by atoms with E-state index in [9.17, 15) is 4.79 Å². The second kappa shape index (κ2) is 8.30. The van der Waals surface area contributed by atoms with Crippen molar-refractivity contribution in [3.63, 3.8) is 0 Å². The minimum atomic E-state index is 0.0548. The van der Waals surface area contributed by atoms with Gasteiger partial charge in [-0.05, 0) is 72.0 Å². The third-order valence-electron chi connectivity index (χ3n) is 5.85. The molecule has 4 heterocycles. The fraction of sp³-hybridized carbons (Fsp3) is 0.348. The highest BCUT2D eigenvalue weighted by Crippen LogP contribution is 2.39. The van der Waals surface area contributed by atoms with Crippen LogP contribution in [0.15, 0.2) is 53.2 Å². The molecule has 1 atom stereocenters. The molecule has 150 valence electrons. The van der Waals surface area contributed by atoms with E-state index in [1.54, 1.807) is 11.3 Å². The number of benzene rings is 1. The van der Waals surface area contributed by atoms with Crippen LogP contribution in [0.3, 0.4) is 0 Å². The van der Waals surface area contributed by atoms with Crippen LogP contribution in [0.25, 0.3) is 0 Å². The topological polar surface area (TPSA) is 35.6 Å². The monoisotopic (exact) mass is 423 g/mol. The van der Waals surface area contributed by atoms with Crippen molar-refractivity contribution in [2.45, 2.75) is 25.3 Å². The smallest absolute Gasteiger partial charge is 0.238 e. The molecule has 0 bridgehead atoms. The third kappa shape index (κ3) is 3.97. The number of thiophene rings is 2. The van der Waals surface area contributed by atoms with E-state index in [0.717, 1.165) is 31.7 Å². The number of rotatable bonds is 5. The maximum Gasteiger partial charge on any atom is 0.238 e. The van der Waals surface area contributed by atoms with Gasteiger partial charge in [0.15, 0.2) is 0 Å². The number of hydrogen-bond acceptors (Lipinski definition) is 5. The third-order valence-corrected chi connectivity index (χ3v) is 7.77. The van der Waals surface area contributed by atoms with Gasteiger partial charge in [0.05, 0.1) is 12.6 Å². The maximum absolute atomic E-state index is 12.8. The van der Waals surface area contributed by atoms with E-state index in [1.807, 2.05) is 23.5 Å². The normalized spacial score (nSPS) is 19.3. The Balaban J connectivity index is 1.27. The number of carbonyl (C=O) groups excluding carboxylic acids is 1. The van der Waals surface area contributed by atoms with Crippen LogP contribution in [0.2, 0.25) is 0 Å². The van der Waals surface area contributed by atoms with Gasteiger partial charge in [0.25, 0.3) is 0 Å². The van der Waals surface area contributed by atoms with E-state index in [2.05, 4.69) is 56.2 Å². The first kappa shape index (κ1) is 18.9. The SMILES string of the molecule is O=C(CN1CCc2sccc2C1c1cccs1)Nc1ccc(N2CCCC2)cc1. The molecule has 1 N–H and O–H groups in total. The summed E-state index contributed by atoms with van der Waals surface area (Å²) in [5, 5.41) is 7.40. The lowest BCUT2D eigenvalue weighted by atomic mass is 9.98. The molecule has 0 spiro atoms. The van der Waals surface area contributed by atoms with Gasteiger partial charge in [-0.2, -0.15) is 0 Å². The van der Waals surface area contributed by atoms with E-state index in [4.69, 9.17) is 0 Å². The summed E-state index contributed by atoms with van der Waals surface area (Å²) in [6, 6.07) is 15.0. The first-order valence-corrected chi connectivity index (χ1v) is 12.0. The average Bonchev–Trinajstić information content (AvgIpc) is 3.50. The summed E-state index contributed by atoms with van der Waals surface area (Å²) in [6.45, 7) is 3.59. The molecule has 1 unspecified atom stereocenters. The molecule has 2 aliphatic heterocycles. The molecular formula is C23H25N3OS2. The lowest BCUT2D eigenvalue weighted by Crippen LogP contribution is -2.40. The van der Waals surface area contributed by atoms with Crippen LogP contribution in [0.1, 0.15) is 34.2 Å². The molecule has 2 aromatic heterocycles. The van der Waals surface area contributed by atoms with Gasteiger partial charge in [0.1, 0.15) is 0 Å². The first-order chi connectivity index (χ1) is 14.3. The van der Waals surface area contributed by atoms with Gasteiger partial charge >= 0.3 is 0 Å². The lowest BCUT2D eigenvalue weighted by molar-refractivity contribution is -0.117. The predicted octanol–water partition coefficient (Wildman–Crippen LogP) is 5.00. The van der Waals surface area contributed by atoms with Gasteiger partial charge in [-0.15, -0.1) is 22.7 Å². The van der Waals surface area contributed by atoms with E-state index in [1.165, 1.54) is 33.8 Å². The Morgan fingerprint density at radius 3 is 2.59 bits per heavy atom. The highest BCUT2D eigenvalue weighted by Gasteiger charge is 2.31. The molecule has 1 fully saturated rings. The predicted molar refractivity (Wildman–Crippen MR) is 122 cm³/mol. The van der Waals surface area contributed by atoms with Crippen LogP contribution in [0.5, 0.6) is 0 Å². The van der Waals surface area contributed by atoms with Crippen LogP contribution in [-0.2, 0) is 11.2 Å². The maximum atomic E-state index is 12.8. The molecule has 0 aliphatic carbocycles. The van der Waals surface area contributed by atoms with Crippen molar-refractivity contribution >= 4 is 40.0 Å². The molecule has 1 aromatic carbocycles. The number of amides is 1. The van der Waals surface area contributed by atoms with Crippen LogP contribution in [0.4, 0.5) is 11.4 Å².